The lowest BCUT2D eigenvalue weighted by Crippen LogP contribution is -2.41. The predicted molar refractivity (Wildman–Crippen MR) is 79.2 cm³/mol. The molecule has 1 aromatic rings. The summed E-state index contributed by atoms with van der Waals surface area (Å²) < 4.78 is 27.1. The Morgan fingerprint density at radius 1 is 1.20 bits per heavy atom. The maximum atomic E-state index is 12.7. The highest BCUT2D eigenvalue weighted by Gasteiger charge is 2.40. The van der Waals surface area contributed by atoms with E-state index in [2.05, 4.69) is 5.32 Å². The molecule has 2 heterocycles. The molecule has 2 fully saturated rings. The first-order valence-corrected chi connectivity index (χ1v) is 8.73. The monoisotopic (exact) mass is 294 g/mol. The van der Waals surface area contributed by atoms with Gasteiger partial charge in [-0.05, 0) is 62.4 Å². The molecule has 3 rings (SSSR count). The van der Waals surface area contributed by atoms with Crippen molar-refractivity contribution in [3.05, 3.63) is 29.3 Å². The van der Waals surface area contributed by atoms with E-state index in [1.807, 2.05) is 19.9 Å². The lowest BCUT2D eigenvalue weighted by atomic mass is 9.94. The number of piperidine rings is 1. The SMILES string of the molecule is Cc1ccc(S(=O)(=O)N2C[C@@H]3CCCN[C@@H]3C2)cc1C. The Balaban J connectivity index is 1.86. The van der Waals surface area contributed by atoms with Crippen molar-refractivity contribution in [1.82, 2.24) is 9.62 Å². The first kappa shape index (κ1) is 14.0. The molecule has 0 saturated carbocycles. The molecule has 0 unspecified atom stereocenters. The van der Waals surface area contributed by atoms with Gasteiger partial charge in [0.25, 0.3) is 0 Å². The third kappa shape index (κ3) is 2.38. The van der Waals surface area contributed by atoms with E-state index < -0.39 is 10.0 Å². The van der Waals surface area contributed by atoms with Gasteiger partial charge in [0.1, 0.15) is 0 Å². The van der Waals surface area contributed by atoms with E-state index in [1.165, 1.54) is 0 Å². The summed E-state index contributed by atoms with van der Waals surface area (Å²) in [6.45, 7) is 6.24. The Labute approximate surface area is 121 Å². The van der Waals surface area contributed by atoms with Gasteiger partial charge < -0.3 is 5.32 Å². The highest BCUT2D eigenvalue weighted by molar-refractivity contribution is 7.89. The fraction of sp³-hybridized carbons (Fsp3) is 0.600. The number of sulfonamides is 1. The summed E-state index contributed by atoms with van der Waals surface area (Å²) in [4.78, 5) is 0.430. The zero-order valence-electron chi connectivity index (χ0n) is 12.1. The van der Waals surface area contributed by atoms with Crippen molar-refractivity contribution in [2.24, 2.45) is 5.92 Å². The van der Waals surface area contributed by atoms with Gasteiger partial charge in [-0.1, -0.05) is 6.07 Å². The number of rotatable bonds is 2. The van der Waals surface area contributed by atoms with Crippen molar-refractivity contribution in [2.45, 2.75) is 37.6 Å². The largest absolute Gasteiger partial charge is 0.312 e. The predicted octanol–water partition coefficient (Wildman–Crippen LogP) is 1.68. The number of nitrogens with one attached hydrogen (secondary N) is 1. The van der Waals surface area contributed by atoms with Crippen LogP contribution in [0.5, 0.6) is 0 Å². The Morgan fingerprint density at radius 3 is 2.70 bits per heavy atom. The van der Waals surface area contributed by atoms with Crippen LogP contribution >= 0.6 is 0 Å². The lowest BCUT2D eigenvalue weighted by molar-refractivity contribution is 0.339. The molecule has 1 aromatic carbocycles. The second kappa shape index (κ2) is 5.13. The molecular weight excluding hydrogens is 272 g/mol. The summed E-state index contributed by atoms with van der Waals surface area (Å²) in [6.07, 6.45) is 2.29. The van der Waals surface area contributed by atoms with Gasteiger partial charge in [-0.2, -0.15) is 4.31 Å². The maximum absolute atomic E-state index is 12.7. The Kier molecular flexibility index (Phi) is 3.60. The smallest absolute Gasteiger partial charge is 0.243 e. The second-order valence-electron chi connectivity index (χ2n) is 6.03. The van der Waals surface area contributed by atoms with Crippen LogP contribution in [0.3, 0.4) is 0 Å². The zero-order chi connectivity index (χ0) is 14.3. The fourth-order valence-electron chi connectivity index (χ4n) is 3.23. The van der Waals surface area contributed by atoms with Crippen LogP contribution in [0.15, 0.2) is 23.1 Å². The lowest BCUT2D eigenvalue weighted by Gasteiger charge is -2.24. The second-order valence-corrected chi connectivity index (χ2v) is 7.97. The van der Waals surface area contributed by atoms with Gasteiger partial charge in [-0.3, -0.25) is 0 Å². The standard InChI is InChI=1S/C15H22N2O2S/c1-11-5-6-14(8-12(11)2)20(18,19)17-9-13-4-3-7-16-15(13)10-17/h5-6,8,13,15-16H,3-4,7,9-10H2,1-2H3/t13-,15+/m0/s1. The topological polar surface area (TPSA) is 49.4 Å². The summed E-state index contributed by atoms with van der Waals surface area (Å²) in [5.41, 5.74) is 2.15. The molecule has 0 radical (unpaired) electrons. The molecule has 2 atom stereocenters. The van der Waals surface area contributed by atoms with Gasteiger partial charge in [0.2, 0.25) is 10.0 Å². The van der Waals surface area contributed by atoms with Gasteiger partial charge in [-0.25, -0.2) is 8.42 Å². The van der Waals surface area contributed by atoms with Gasteiger partial charge in [0.05, 0.1) is 4.90 Å². The number of hydrogen-bond acceptors (Lipinski definition) is 3. The average molecular weight is 294 g/mol. The van der Waals surface area contributed by atoms with Crippen LogP contribution in [0.1, 0.15) is 24.0 Å². The van der Waals surface area contributed by atoms with E-state index in [-0.39, 0.29) is 0 Å². The van der Waals surface area contributed by atoms with E-state index >= 15 is 0 Å². The molecule has 0 amide bonds. The Bertz CT molecular complexity index is 598. The molecule has 1 N–H and O–H groups in total. The van der Waals surface area contributed by atoms with Crippen molar-refractivity contribution in [3.8, 4) is 0 Å². The molecule has 2 saturated heterocycles. The normalized spacial score (nSPS) is 27.5. The third-order valence-electron chi connectivity index (χ3n) is 4.68. The van der Waals surface area contributed by atoms with Crippen LogP contribution in [0.2, 0.25) is 0 Å². The van der Waals surface area contributed by atoms with Crippen LogP contribution in [0, 0.1) is 19.8 Å². The Morgan fingerprint density at radius 2 is 2.00 bits per heavy atom. The van der Waals surface area contributed by atoms with Crippen LogP contribution in [-0.4, -0.2) is 38.4 Å². The molecular formula is C15H22N2O2S. The van der Waals surface area contributed by atoms with Crippen molar-refractivity contribution >= 4 is 10.0 Å². The molecule has 0 spiro atoms. The van der Waals surface area contributed by atoms with E-state index in [0.29, 0.717) is 29.9 Å². The van der Waals surface area contributed by atoms with E-state index in [4.69, 9.17) is 0 Å². The number of fused-ring (bicyclic) bond motifs is 1. The average Bonchev–Trinajstić information content (AvgIpc) is 2.86. The summed E-state index contributed by atoms with van der Waals surface area (Å²) >= 11 is 0. The molecule has 5 heteroatoms. The minimum Gasteiger partial charge on any atom is -0.312 e. The maximum Gasteiger partial charge on any atom is 0.243 e. The first-order chi connectivity index (χ1) is 9.48. The number of benzene rings is 1. The van der Waals surface area contributed by atoms with Crippen LogP contribution in [-0.2, 0) is 10.0 Å². The van der Waals surface area contributed by atoms with Crippen molar-refractivity contribution in [1.29, 1.82) is 0 Å². The molecule has 110 valence electrons. The van der Waals surface area contributed by atoms with Crippen LogP contribution in [0.25, 0.3) is 0 Å². The van der Waals surface area contributed by atoms with E-state index in [9.17, 15) is 8.42 Å². The molecule has 2 aliphatic rings. The minimum absolute atomic E-state index is 0.338. The van der Waals surface area contributed by atoms with Gasteiger partial charge in [0.15, 0.2) is 0 Å². The fourth-order valence-corrected chi connectivity index (χ4v) is 4.84. The highest BCUT2D eigenvalue weighted by Crippen LogP contribution is 2.29. The van der Waals surface area contributed by atoms with Crippen LogP contribution in [0.4, 0.5) is 0 Å². The summed E-state index contributed by atoms with van der Waals surface area (Å²) in [6, 6.07) is 5.75. The number of aryl methyl sites for hydroxylation is 2. The summed E-state index contributed by atoms with van der Waals surface area (Å²) in [7, 11) is -3.34. The van der Waals surface area contributed by atoms with Gasteiger partial charge >= 0.3 is 0 Å². The summed E-state index contributed by atoms with van der Waals surface area (Å²) in [5.74, 6) is 0.477. The summed E-state index contributed by atoms with van der Waals surface area (Å²) in [5, 5.41) is 3.45. The van der Waals surface area contributed by atoms with E-state index in [1.54, 1.807) is 16.4 Å². The molecule has 0 bridgehead atoms. The Hall–Kier alpha value is -0.910. The molecule has 0 aromatic heterocycles. The highest BCUT2D eigenvalue weighted by atomic mass is 32.2. The molecule has 2 aliphatic heterocycles. The molecule has 0 aliphatic carbocycles. The van der Waals surface area contributed by atoms with Gasteiger partial charge in [0, 0.05) is 19.1 Å². The van der Waals surface area contributed by atoms with Crippen molar-refractivity contribution < 1.29 is 8.42 Å². The molecule has 20 heavy (non-hydrogen) atoms. The van der Waals surface area contributed by atoms with Crippen LogP contribution < -0.4 is 5.32 Å². The number of nitrogens with zero attached hydrogens (tertiary/aromatic N) is 1. The van der Waals surface area contributed by atoms with Gasteiger partial charge in [-0.15, -0.1) is 0 Å². The first-order valence-electron chi connectivity index (χ1n) is 7.29. The van der Waals surface area contributed by atoms with E-state index in [0.717, 1.165) is 30.5 Å². The molecule has 4 nitrogen and oxygen atoms in total. The third-order valence-corrected chi connectivity index (χ3v) is 6.51. The number of hydrogen-bond donors (Lipinski definition) is 1. The zero-order valence-corrected chi connectivity index (χ0v) is 12.9. The minimum atomic E-state index is -3.34. The quantitative estimate of drug-likeness (QED) is 0.903. The van der Waals surface area contributed by atoms with Crippen molar-refractivity contribution in [3.63, 3.8) is 0 Å². The van der Waals surface area contributed by atoms with Crippen molar-refractivity contribution in [2.75, 3.05) is 19.6 Å².